The summed E-state index contributed by atoms with van der Waals surface area (Å²) in [6, 6.07) is 23.4. The molecule has 0 aliphatic heterocycles. The van der Waals surface area contributed by atoms with Crippen LogP contribution in [-0.2, 0) is 11.4 Å². The topological polar surface area (TPSA) is 165 Å². The molecule has 4 heterocycles. The first-order valence-electron chi connectivity index (χ1n) is 17.4. The lowest BCUT2D eigenvalue weighted by Gasteiger charge is -2.16. The molecule has 13 nitrogen and oxygen atoms in total. The highest BCUT2D eigenvalue weighted by molar-refractivity contribution is 6.32. The van der Waals surface area contributed by atoms with Gasteiger partial charge in [0.05, 0.1) is 53.2 Å². The van der Waals surface area contributed by atoms with E-state index in [2.05, 4.69) is 26.7 Å². The Morgan fingerprint density at radius 3 is 2.57 bits per heavy atom. The van der Waals surface area contributed by atoms with E-state index in [1.807, 2.05) is 56.3 Å². The number of fused-ring (bicyclic) bond motifs is 3. The average Bonchev–Trinajstić information content (AvgIpc) is 3.66. The molecular formula is C42H37ClN6O7. The van der Waals surface area contributed by atoms with Gasteiger partial charge >= 0.3 is 5.63 Å². The van der Waals surface area contributed by atoms with E-state index in [0.717, 1.165) is 16.5 Å². The number of halogens is 1. The van der Waals surface area contributed by atoms with Crippen molar-refractivity contribution < 1.29 is 27.8 Å². The van der Waals surface area contributed by atoms with E-state index in [4.69, 9.17) is 34.6 Å². The summed E-state index contributed by atoms with van der Waals surface area (Å²) >= 11 is 6.52. The van der Waals surface area contributed by atoms with Gasteiger partial charge in [-0.25, -0.2) is 4.79 Å². The molecule has 2 N–H and O–H groups in total. The zero-order chi connectivity index (χ0) is 39.6. The van der Waals surface area contributed by atoms with E-state index in [0.29, 0.717) is 80.1 Å². The largest absolute Gasteiger partial charge is 0.492 e. The molecule has 14 heteroatoms. The molecule has 4 aromatic heterocycles. The van der Waals surface area contributed by atoms with Crippen LogP contribution in [0.3, 0.4) is 0 Å². The van der Waals surface area contributed by atoms with Crippen molar-refractivity contribution in [3.63, 3.8) is 0 Å². The lowest BCUT2D eigenvalue weighted by atomic mass is 10.1. The summed E-state index contributed by atoms with van der Waals surface area (Å²) in [6.45, 7) is 3.17. The molecule has 284 valence electrons. The van der Waals surface area contributed by atoms with Crippen molar-refractivity contribution >= 4 is 67.4 Å². The second-order valence-corrected chi connectivity index (χ2v) is 12.8. The Balaban J connectivity index is 0.000000273. The molecule has 0 atom stereocenters. The number of methoxy groups -OCH3 is 1. The summed E-state index contributed by atoms with van der Waals surface area (Å²) in [7, 11) is 5.36. The van der Waals surface area contributed by atoms with Crippen LogP contribution < -0.4 is 30.5 Å². The Morgan fingerprint density at radius 2 is 1.84 bits per heavy atom. The van der Waals surface area contributed by atoms with Crippen molar-refractivity contribution in [2.75, 3.05) is 45.0 Å². The number of anilines is 3. The summed E-state index contributed by atoms with van der Waals surface area (Å²) < 4.78 is 27.3. The molecule has 56 heavy (non-hydrogen) atoms. The summed E-state index contributed by atoms with van der Waals surface area (Å²) in [4.78, 5) is 34.4. The summed E-state index contributed by atoms with van der Waals surface area (Å²) in [6.07, 6.45) is 8.02. The number of nitrogens with one attached hydrogen (secondary N) is 2. The standard InChI is InChI=1S/C30H29ClN6O3.C12H8O4/c1-4-39-28-16-25-23(15-26(28)36-29(38)9-7-13-37(2)3)30(20(17-32)18-34-25)35-21-10-11-27(24(31)14-21)40-19-22-8-5-6-12-33-22;1-14-12-10-8(4-5-15-10)6-7-2-3-9(13)16-11(7)12/h5-12,14-16,18H,4,13,19H2,1-3H3,(H,34,35)(H,36,38);2-6H,1H3/b9-7+;. The third-order valence-corrected chi connectivity index (χ3v) is 8.47. The lowest BCUT2D eigenvalue weighted by molar-refractivity contribution is -0.111. The number of carbonyl (C=O) groups is 1. The summed E-state index contributed by atoms with van der Waals surface area (Å²) in [5, 5.41) is 18.8. The number of nitrogens with zero attached hydrogens (tertiary/aromatic N) is 4. The van der Waals surface area contributed by atoms with Gasteiger partial charge in [-0.1, -0.05) is 23.7 Å². The van der Waals surface area contributed by atoms with Crippen LogP contribution in [0.25, 0.3) is 32.8 Å². The number of rotatable bonds is 12. The number of nitriles is 1. The minimum atomic E-state index is -0.406. The Labute approximate surface area is 326 Å². The van der Waals surface area contributed by atoms with Crippen molar-refractivity contribution in [1.29, 1.82) is 5.26 Å². The quantitative estimate of drug-likeness (QED) is 0.0900. The molecule has 0 bridgehead atoms. The third-order valence-electron chi connectivity index (χ3n) is 8.18. The van der Waals surface area contributed by atoms with E-state index in [1.165, 1.54) is 25.4 Å². The van der Waals surface area contributed by atoms with Crippen LogP contribution in [0.5, 0.6) is 17.2 Å². The molecule has 7 rings (SSSR count). The summed E-state index contributed by atoms with van der Waals surface area (Å²) in [5.41, 5.74) is 3.92. The fourth-order valence-electron chi connectivity index (χ4n) is 5.62. The highest BCUT2D eigenvalue weighted by Gasteiger charge is 2.17. The molecule has 0 spiro atoms. The molecule has 1 amide bonds. The van der Waals surface area contributed by atoms with Gasteiger partial charge in [0.25, 0.3) is 0 Å². The van der Waals surface area contributed by atoms with Gasteiger partial charge in [0, 0.05) is 59.0 Å². The fraction of sp³-hybridized carbons (Fsp3) is 0.167. The van der Waals surface area contributed by atoms with Crippen molar-refractivity contribution in [2.24, 2.45) is 0 Å². The Morgan fingerprint density at radius 1 is 1.00 bits per heavy atom. The van der Waals surface area contributed by atoms with Gasteiger partial charge in [-0.05, 0) is 75.6 Å². The van der Waals surface area contributed by atoms with Gasteiger partial charge in [0.15, 0.2) is 11.2 Å². The monoisotopic (exact) mass is 772 g/mol. The van der Waals surface area contributed by atoms with E-state index >= 15 is 0 Å². The Bertz CT molecular complexity index is 2630. The molecule has 0 aliphatic rings. The minimum absolute atomic E-state index is 0.280. The minimum Gasteiger partial charge on any atom is -0.492 e. The maximum Gasteiger partial charge on any atom is 0.336 e. The number of hydrogen-bond acceptors (Lipinski definition) is 12. The predicted octanol–water partition coefficient (Wildman–Crippen LogP) is 8.48. The van der Waals surface area contributed by atoms with Gasteiger partial charge in [-0.2, -0.15) is 5.26 Å². The molecule has 0 unspecified atom stereocenters. The van der Waals surface area contributed by atoms with Gasteiger partial charge in [-0.15, -0.1) is 0 Å². The number of amides is 1. The van der Waals surface area contributed by atoms with Crippen molar-refractivity contribution in [2.45, 2.75) is 13.5 Å². The Kier molecular flexibility index (Phi) is 12.5. The normalized spacial score (nSPS) is 11.0. The van der Waals surface area contributed by atoms with E-state index in [9.17, 15) is 14.9 Å². The fourth-order valence-corrected chi connectivity index (χ4v) is 5.86. The summed E-state index contributed by atoms with van der Waals surface area (Å²) in [5.74, 6) is 1.14. The highest BCUT2D eigenvalue weighted by atomic mass is 35.5. The van der Waals surface area contributed by atoms with Crippen molar-refractivity contribution in [1.82, 2.24) is 14.9 Å². The molecule has 0 radical (unpaired) electrons. The second-order valence-electron chi connectivity index (χ2n) is 12.4. The van der Waals surface area contributed by atoms with Gasteiger partial charge < -0.3 is 38.6 Å². The number of likely N-dealkylation sites (N-methyl/N-ethyl adjacent to an activating group) is 1. The first kappa shape index (κ1) is 38.8. The number of carbonyl (C=O) groups excluding carboxylic acids is 1. The van der Waals surface area contributed by atoms with E-state index < -0.39 is 5.63 Å². The molecular weight excluding hydrogens is 736 g/mol. The molecule has 3 aromatic carbocycles. The van der Waals surface area contributed by atoms with Crippen molar-refractivity contribution in [3.8, 4) is 23.3 Å². The zero-order valence-corrected chi connectivity index (χ0v) is 31.7. The number of pyridine rings is 2. The third kappa shape index (κ3) is 9.25. The maximum atomic E-state index is 12.6. The predicted molar refractivity (Wildman–Crippen MR) is 216 cm³/mol. The van der Waals surface area contributed by atoms with Crippen LogP contribution in [0.1, 0.15) is 18.2 Å². The Hall–Kier alpha value is -6.88. The number of furan rings is 1. The number of benzene rings is 3. The number of ether oxygens (including phenoxy) is 3. The first-order chi connectivity index (χ1) is 27.2. The number of hydrogen-bond donors (Lipinski definition) is 2. The van der Waals surface area contributed by atoms with Gasteiger partial charge in [0.2, 0.25) is 11.7 Å². The van der Waals surface area contributed by atoms with Crippen molar-refractivity contribution in [3.05, 3.63) is 130 Å². The van der Waals surface area contributed by atoms with Crippen LogP contribution in [-0.4, -0.2) is 55.1 Å². The van der Waals surface area contributed by atoms with Crippen LogP contribution in [0.4, 0.5) is 17.1 Å². The second kappa shape index (κ2) is 18.0. The highest BCUT2D eigenvalue weighted by Crippen LogP contribution is 2.38. The molecule has 0 aliphatic carbocycles. The smallest absolute Gasteiger partial charge is 0.336 e. The van der Waals surface area contributed by atoms with Gasteiger partial charge in [-0.3, -0.25) is 14.8 Å². The van der Waals surface area contributed by atoms with Crippen LogP contribution in [0, 0.1) is 11.3 Å². The number of aromatic nitrogens is 2. The SMILES string of the molecule is CCOc1cc2ncc(C#N)c(Nc3ccc(OCc4ccccn4)c(Cl)c3)c2cc1NC(=O)/C=C/CN(C)C.COc1c2occc2cc2ccc(=O)oc12. The average molecular weight is 773 g/mol. The van der Waals surface area contributed by atoms with Crippen LogP contribution in [0.15, 0.2) is 117 Å². The molecule has 0 fully saturated rings. The molecule has 0 saturated heterocycles. The van der Waals surface area contributed by atoms with E-state index in [1.54, 1.807) is 54.9 Å². The maximum absolute atomic E-state index is 12.6. The van der Waals surface area contributed by atoms with Gasteiger partial charge in [0.1, 0.15) is 24.2 Å². The van der Waals surface area contributed by atoms with Crippen LogP contribution in [0.2, 0.25) is 5.02 Å². The molecule has 0 saturated carbocycles. The van der Waals surface area contributed by atoms with E-state index in [-0.39, 0.29) is 12.5 Å². The zero-order valence-electron chi connectivity index (χ0n) is 31.0. The van der Waals surface area contributed by atoms with Crippen LogP contribution >= 0.6 is 11.6 Å². The molecule has 7 aromatic rings. The lowest BCUT2D eigenvalue weighted by Crippen LogP contribution is -2.13. The first-order valence-corrected chi connectivity index (χ1v) is 17.7.